The van der Waals surface area contributed by atoms with Gasteiger partial charge in [-0.15, -0.1) is 0 Å². The SMILES string of the molecule is O=C(Nc1ccccc1)c1cccc(N2CCOC2=O)c1. The van der Waals surface area contributed by atoms with Crippen LogP contribution in [0.5, 0.6) is 0 Å². The fourth-order valence-corrected chi connectivity index (χ4v) is 2.17. The Morgan fingerprint density at radius 3 is 2.62 bits per heavy atom. The molecule has 1 N–H and O–H groups in total. The molecule has 1 aliphatic heterocycles. The number of ether oxygens (including phenoxy) is 1. The summed E-state index contributed by atoms with van der Waals surface area (Å²) in [6.45, 7) is 0.877. The third kappa shape index (κ3) is 2.86. The first-order valence-corrected chi connectivity index (χ1v) is 6.65. The van der Waals surface area contributed by atoms with Crippen molar-refractivity contribution < 1.29 is 14.3 Å². The van der Waals surface area contributed by atoms with Gasteiger partial charge in [-0.1, -0.05) is 24.3 Å². The molecule has 21 heavy (non-hydrogen) atoms. The van der Waals surface area contributed by atoms with Gasteiger partial charge in [0.2, 0.25) is 0 Å². The number of nitrogens with one attached hydrogen (secondary N) is 1. The van der Waals surface area contributed by atoms with Crippen molar-refractivity contribution in [1.29, 1.82) is 0 Å². The quantitative estimate of drug-likeness (QED) is 0.941. The summed E-state index contributed by atoms with van der Waals surface area (Å²) in [5.74, 6) is -0.212. The number of carbonyl (C=O) groups excluding carboxylic acids is 2. The molecule has 5 nitrogen and oxygen atoms in total. The molecule has 0 saturated carbocycles. The normalized spacial score (nSPS) is 13.9. The average Bonchev–Trinajstić information content (AvgIpc) is 2.94. The van der Waals surface area contributed by atoms with Crippen LogP contribution >= 0.6 is 0 Å². The Balaban J connectivity index is 1.79. The van der Waals surface area contributed by atoms with E-state index >= 15 is 0 Å². The lowest BCUT2D eigenvalue weighted by molar-refractivity contribution is 0.102. The maximum Gasteiger partial charge on any atom is 0.414 e. The highest BCUT2D eigenvalue weighted by molar-refractivity contribution is 6.05. The van der Waals surface area contributed by atoms with E-state index in [1.807, 2.05) is 30.3 Å². The highest BCUT2D eigenvalue weighted by atomic mass is 16.6. The van der Waals surface area contributed by atoms with Crippen LogP contribution in [0.25, 0.3) is 0 Å². The van der Waals surface area contributed by atoms with Gasteiger partial charge >= 0.3 is 6.09 Å². The first kappa shape index (κ1) is 13.2. The van der Waals surface area contributed by atoms with E-state index in [2.05, 4.69) is 5.32 Å². The minimum absolute atomic E-state index is 0.212. The molecule has 0 bridgehead atoms. The van der Waals surface area contributed by atoms with Crippen molar-refractivity contribution >= 4 is 23.4 Å². The highest BCUT2D eigenvalue weighted by Gasteiger charge is 2.24. The highest BCUT2D eigenvalue weighted by Crippen LogP contribution is 2.20. The molecule has 2 aromatic carbocycles. The van der Waals surface area contributed by atoms with E-state index in [1.165, 1.54) is 4.90 Å². The average molecular weight is 282 g/mol. The molecule has 106 valence electrons. The first-order valence-electron chi connectivity index (χ1n) is 6.65. The number of hydrogen-bond acceptors (Lipinski definition) is 3. The van der Waals surface area contributed by atoms with Crippen molar-refractivity contribution in [3.8, 4) is 0 Å². The predicted octanol–water partition coefficient (Wildman–Crippen LogP) is 2.90. The molecule has 2 aromatic rings. The molecule has 0 atom stereocenters. The van der Waals surface area contributed by atoms with Crippen LogP contribution in [-0.4, -0.2) is 25.2 Å². The topological polar surface area (TPSA) is 58.6 Å². The Kier molecular flexibility index (Phi) is 3.55. The summed E-state index contributed by atoms with van der Waals surface area (Å²) < 4.78 is 4.90. The zero-order valence-electron chi connectivity index (χ0n) is 11.3. The van der Waals surface area contributed by atoms with E-state index in [0.29, 0.717) is 24.4 Å². The lowest BCUT2D eigenvalue weighted by Gasteiger charge is -2.13. The number of para-hydroxylation sites is 1. The molecule has 1 saturated heterocycles. The number of cyclic esters (lactones) is 1. The molecule has 0 aromatic heterocycles. The Labute approximate surface area is 122 Å². The molecular weight excluding hydrogens is 268 g/mol. The van der Waals surface area contributed by atoms with Crippen molar-refractivity contribution in [2.75, 3.05) is 23.4 Å². The predicted molar refractivity (Wildman–Crippen MR) is 79.5 cm³/mol. The van der Waals surface area contributed by atoms with Crippen LogP contribution in [0.1, 0.15) is 10.4 Å². The number of hydrogen-bond donors (Lipinski definition) is 1. The van der Waals surface area contributed by atoms with Gasteiger partial charge in [-0.05, 0) is 30.3 Å². The van der Waals surface area contributed by atoms with Gasteiger partial charge in [-0.25, -0.2) is 4.79 Å². The third-order valence-electron chi connectivity index (χ3n) is 3.21. The van der Waals surface area contributed by atoms with Crippen molar-refractivity contribution in [1.82, 2.24) is 0 Å². The minimum Gasteiger partial charge on any atom is -0.447 e. The van der Waals surface area contributed by atoms with E-state index in [1.54, 1.807) is 24.3 Å². The van der Waals surface area contributed by atoms with Gasteiger partial charge in [0.25, 0.3) is 5.91 Å². The molecule has 2 amide bonds. The molecule has 5 heteroatoms. The fraction of sp³-hybridized carbons (Fsp3) is 0.125. The Hall–Kier alpha value is -2.82. The summed E-state index contributed by atoms with van der Waals surface area (Å²) in [6, 6.07) is 16.2. The van der Waals surface area contributed by atoms with Gasteiger partial charge in [0.15, 0.2) is 0 Å². The Morgan fingerprint density at radius 2 is 1.90 bits per heavy atom. The second-order valence-corrected chi connectivity index (χ2v) is 4.64. The number of carbonyl (C=O) groups is 2. The molecule has 1 heterocycles. The molecular formula is C16H14N2O3. The molecule has 0 radical (unpaired) electrons. The Morgan fingerprint density at radius 1 is 1.10 bits per heavy atom. The lowest BCUT2D eigenvalue weighted by Crippen LogP contribution is -2.23. The fourth-order valence-electron chi connectivity index (χ4n) is 2.17. The van der Waals surface area contributed by atoms with Gasteiger partial charge in [-0.3, -0.25) is 9.69 Å². The molecule has 0 aliphatic carbocycles. The molecule has 1 fully saturated rings. The number of nitrogens with zero attached hydrogens (tertiary/aromatic N) is 1. The summed E-state index contributed by atoms with van der Waals surface area (Å²) >= 11 is 0. The van der Waals surface area contributed by atoms with Crippen molar-refractivity contribution in [3.05, 3.63) is 60.2 Å². The second kappa shape index (κ2) is 5.66. The number of rotatable bonds is 3. The second-order valence-electron chi connectivity index (χ2n) is 4.64. The largest absolute Gasteiger partial charge is 0.447 e. The molecule has 3 rings (SSSR count). The molecule has 0 unspecified atom stereocenters. The summed E-state index contributed by atoms with van der Waals surface area (Å²) in [5, 5.41) is 2.81. The van der Waals surface area contributed by atoms with Crippen LogP contribution in [0.3, 0.4) is 0 Å². The van der Waals surface area contributed by atoms with Crippen molar-refractivity contribution in [2.24, 2.45) is 0 Å². The number of benzene rings is 2. The van der Waals surface area contributed by atoms with E-state index in [4.69, 9.17) is 4.74 Å². The van der Waals surface area contributed by atoms with Crippen LogP contribution in [0.2, 0.25) is 0 Å². The van der Waals surface area contributed by atoms with E-state index < -0.39 is 0 Å². The monoisotopic (exact) mass is 282 g/mol. The lowest BCUT2D eigenvalue weighted by atomic mass is 10.1. The maximum absolute atomic E-state index is 12.2. The smallest absolute Gasteiger partial charge is 0.414 e. The number of anilines is 2. The van der Waals surface area contributed by atoms with Gasteiger partial charge in [0.1, 0.15) is 6.61 Å². The Bertz CT molecular complexity index is 670. The van der Waals surface area contributed by atoms with Crippen LogP contribution in [0.4, 0.5) is 16.2 Å². The maximum atomic E-state index is 12.2. The zero-order valence-corrected chi connectivity index (χ0v) is 11.3. The van der Waals surface area contributed by atoms with Crippen molar-refractivity contribution in [3.63, 3.8) is 0 Å². The summed E-state index contributed by atoms with van der Waals surface area (Å²) in [6.07, 6.45) is -0.379. The zero-order chi connectivity index (χ0) is 14.7. The van der Waals surface area contributed by atoms with Gasteiger partial charge in [0.05, 0.1) is 6.54 Å². The summed E-state index contributed by atoms with van der Waals surface area (Å²) in [4.78, 5) is 25.3. The van der Waals surface area contributed by atoms with Crippen LogP contribution in [0.15, 0.2) is 54.6 Å². The van der Waals surface area contributed by atoms with Crippen molar-refractivity contribution in [2.45, 2.75) is 0 Å². The third-order valence-corrected chi connectivity index (χ3v) is 3.21. The van der Waals surface area contributed by atoms with Gasteiger partial charge < -0.3 is 10.1 Å². The first-order chi connectivity index (χ1) is 10.2. The van der Waals surface area contributed by atoms with Crippen LogP contribution in [-0.2, 0) is 4.74 Å². The van der Waals surface area contributed by atoms with E-state index in [0.717, 1.165) is 5.69 Å². The van der Waals surface area contributed by atoms with Gasteiger partial charge in [0, 0.05) is 16.9 Å². The van der Waals surface area contributed by atoms with E-state index in [-0.39, 0.29) is 12.0 Å². The minimum atomic E-state index is -0.379. The van der Waals surface area contributed by atoms with Crippen LogP contribution < -0.4 is 10.2 Å². The van der Waals surface area contributed by atoms with Crippen LogP contribution in [0, 0.1) is 0 Å². The number of amides is 2. The summed E-state index contributed by atoms with van der Waals surface area (Å²) in [5.41, 5.74) is 1.89. The standard InChI is InChI=1S/C16H14N2O3/c19-15(17-13-6-2-1-3-7-13)12-5-4-8-14(11-12)18-9-10-21-16(18)20/h1-8,11H,9-10H2,(H,17,19). The summed E-state index contributed by atoms with van der Waals surface area (Å²) in [7, 11) is 0. The van der Waals surface area contributed by atoms with Gasteiger partial charge in [-0.2, -0.15) is 0 Å². The molecule has 0 spiro atoms. The van der Waals surface area contributed by atoms with E-state index in [9.17, 15) is 9.59 Å². The molecule has 1 aliphatic rings.